The fourth-order valence-corrected chi connectivity index (χ4v) is 0.841. The molecule has 0 aliphatic carbocycles. The number of ether oxygens (including phenoxy) is 1. The van der Waals surface area contributed by atoms with Crippen molar-refractivity contribution in [3.63, 3.8) is 0 Å². The van der Waals surface area contributed by atoms with Crippen LogP contribution in [0, 0.1) is 5.41 Å². The van der Waals surface area contributed by atoms with E-state index in [0.29, 0.717) is 6.61 Å². The third kappa shape index (κ3) is 3.52. The topological polar surface area (TPSA) is 62.2 Å². The molecular formula is C7H11BrN2O2. The van der Waals surface area contributed by atoms with Gasteiger partial charge in [0, 0.05) is 13.2 Å². The SMILES string of the molecule is CCOC(=O)/C(=C/NC)C(=N)Br. The van der Waals surface area contributed by atoms with Crippen molar-refractivity contribution in [2.75, 3.05) is 13.7 Å². The average Bonchev–Trinajstić information content (AvgIpc) is 1.99. The van der Waals surface area contributed by atoms with E-state index >= 15 is 0 Å². The van der Waals surface area contributed by atoms with Gasteiger partial charge in [0.15, 0.2) is 0 Å². The van der Waals surface area contributed by atoms with Crippen LogP contribution in [0.3, 0.4) is 0 Å². The monoisotopic (exact) mass is 234 g/mol. The molecule has 0 heterocycles. The zero-order chi connectivity index (χ0) is 9.56. The highest BCUT2D eigenvalue weighted by molar-refractivity contribution is 9.18. The summed E-state index contributed by atoms with van der Waals surface area (Å²) >= 11 is 2.89. The first-order chi connectivity index (χ1) is 5.63. The van der Waals surface area contributed by atoms with Crippen molar-refractivity contribution in [2.24, 2.45) is 0 Å². The van der Waals surface area contributed by atoms with Gasteiger partial charge in [-0.3, -0.25) is 5.41 Å². The molecule has 0 saturated heterocycles. The van der Waals surface area contributed by atoms with Gasteiger partial charge in [-0.15, -0.1) is 0 Å². The van der Waals surface area contributed by atoms with Gasteiger partial charge in [-0.2, -0.15) is 0 Å². The Balaban J connectivity index is 4.41. The number of rotatable bonds is 4. The van der Waals surface area contributed by atoms with Gasteiger partial charge in [0.1, 0.15) is 10.2 Å². The molecule has 2 N–H and O–H groups in total. The second-order valence-electron chi connectivity index (χ2n) is 1.88. The number of hydrogen-bond acceptors (Lipinski definition) is 4. The quantitative estimate of drug-likeness (QED) is 0.434. The van der Waals surface area contributed by atoms with Gasteiger partial charge in [-0.05, 0) is 22.9 Å². The van der Waals surface area contributed by atoms with Gasteiger partial charge >= 0.3 is 5.97 Å². The van der Waals surface area contributed by atoms with E-state index in [0.717, 1.165) is 0 Å². The Bertz CT molecular complexity index is 213. The molecule has 12 heavy (non-hydrogen) atoms. The Hall–Kier alpha value is -0.840. The maximum Gasteiger partial charge on any atom is 0.342 e. The highest BCUT2D eigenvalue weighted by Gasteiger charge is 2.12. The molecule has 0 aromatic heterocycles. The molecule has 0 fully saturated rings. The molecule has 0 rings (SSSR count). The highest BCUT2D eigenvalue weighted by Crippen LogP contribution is 2.04. The standard InChI is InChI=1S/C7H11BrN2O2/c1-3-12-7(11)5(4-10-2)6(8)9/h4,9-10H,3H2,1-2H3/b5-4+,9-6?. The van der Waals surface area contributed by atoms with Gasteiger partial charge < -0.3 is 10.1 Å². The molecule has 0 aromatic carbocycles. The molecule has 0 radical (unpaired) electrons. The number of carbonyl (C=O) groups is 1. The second kappa shape index (κ2) is 5.77. The van der Waals surface area contributed by atoms with Crippen molar-refractivity contribution in [2.45, 2.75) is 6.92 Å². The van der Waals surface area contributed by atoms with Gasteiger partial charge in [-0.1, -0.05) is 0 Å². The van der Waals surface area contributed by atoms with Crippen LogP contribution in [-0.4, -0.2) is 24.2 Å². The summed E-state index contributed by atoms with van der Waals surface area (Å²) in [6.45, 7) is 2.02. The molecule has 0 aromatic rings. The van der Waals surface area contributed by atoms with E-state index in [9.17, 15) is 4.79 Å². The minimum Gasteiger partial charge on any atom is -0.462 e. The minimum atomic E-state index is -0.506. The second-order valence-corrected chi connectivity index (χ2v) is 2.67. The molecule has 68 valence electrons. The van der Waals surface area contributed by atoms with E-state index in [1.54, 1.807) is 14.0 Å². The van der Waals surface area contributed by atoms with Crippen molar-refractivity contribution < 1.29 is 9.53 Å². The maximum atomic E-state index is 11.1. The molecule has 0 saturated carbocycles. The Morgan fingerprint density at radius 1 is 1.75 bits per heavy atom. The van der Waals surface area contributed by atoms with Crippen LogP contribution >= 0.6 is 15.9 Å². The van der Waals surface area contributed by atoms with Crippen LogP contribution in [0.1, 0.15) is 6.92 Å². The molecular weight excluding hydrogens is 224 g/mol. The molecule has 0 aliphatic heterocycles. The van der Waals surface area contributed by atoms with Crippen LogP contribution in [0.2, 0.25) is 0 Å². The molecule has 0 amide bonds. The van der Waals surface area contributed by atoms with Gasteiger partial charge in [0.05, 0.1) is 6.61 Å². The van der Waals surface area contributed by atoms with E-state index in [1.165, 1.54) is 6.20 Å². The Morgan fingerprint density at radius 3 is 2.67 bits per heavy atom. The Morgan fingerprint density at radius 2 is 2.33 bits per heavy atom. The van der Waals surface area contributed by atoms with Crippen molar-refractivity contribution in [3.8, 4) is 0 Å². The Kier molecular flexibility index (Phi) is 5.36. The van der Waals surface area contributed by atoms with Crippen molar-refractivity contribution in [1.29, 1.82) is 5.41 Å². The van der Waals surface area contributed by atoms with Crippen molar-refractivity contribution in [1.82, 2.24) is 5.32 Å². The minimum absolute atomic E-state index is 0.00954. The summed E-state index contributed by atoms with van der Waals surface area (Å²) in [5.41, 5.74) is 0.180. The predicted molar refractivity (Wildman–Crippen MR) is 50.4 cm³/mol. The molecule has 4 nitrogen and oxygen atoms in total. The van der Waals surface area contributed by atoms with E-state index in [4.69, 9.17) is 10.1 Å². The van der Waals surface area contributed by atoms with Gasteiger partial charge in [-0.25, -0.2) is 4.79 Å². The van der Waals surface area contributed by atoms with Crippen LogP contribution in [0.4, 0.5) is 0 Å². The molecule has 0 atom stereocenters. The van der Waals surface area contributed by atoms with E-state index in [2.05, 4.69) is 21.2 Å². The van der Waals surface area contributed by atoms with Crippen LogP contribution in [0.15, 0.2) is 11.8 Å². The molecule has 0 spiro atoms. The zero-order valence-corrected chi connectivity index (χ0v) is 8.56. The van der Waals surface area contributed by atoms with Crippen LogP contribution < -0.4 is 5.32 Å². The summed E-state index contributed by atoms with van der Waals surface area (Å²) in [4.78, 5) is 11.1. The molecule has 0 bridgehead atoms. The lowest BCUT2D eigenvalue weighted by Crippen LogP contribution is -2.14. The number of esters is 1. The zero-order valence-electron chi connectivity index (χ0n) is 6.98. The fourth-order valence-electron chi connectivity index (χ4n) is 0.565. The molecule has 5 heteroatoms. The average molecular weight is 235 g/mol. The lowest BCUT2D eigenvalue weighted by molar-refractivity contribution is -0.137. The number of carbonyl (C=O) groups excluding carboxylic acids is 1. The summed E-state index contributed by atoms with van der Waals surface area (Å²) in [6.07, 6.45) is 1.41. The summed E-state index contributed by atoms with van der Waals surface area (Å²) in [7, 11) is 1.65. The van der Waals surface area contributed by atoms with E-state index < -0.39 is 5.97 Å². The largest absolute Gasteiger partial charge is 0.462 e. The maximum absolute atomic E-state index is 11.1. The smallest absolute Gasteiger partial charge is 0.342 e. The van der Waals surface area contributed by atoms with Crippen molar-refractivity contribution in [3.05, 3.63) is 11.8 Å². The first-order valence-electron chi connectivity index (χ1n) is 3.42. The first-order valence-corrected chi connectivity index (χ1v) is 4.21. The van der Waals surface area contributed by atoms with Gasteiger partial charge in [0.25, 0.3) is 0 Å². The summed E-state index contributed by atoms with van der Waals surface area (Å²) in [5.74, 6) is -0.506. The van der Waals surface area contributed by atoms with Crippen LogP contribution in [0.5, 0.6) is 0 Å². The molecule has 0 unspecified atom stereocenters. The lowest BCUT2D eigenvalue weighted by Gasteiger charge is -2.03. The predicted octanol–water partition coefficient (Wildman–Crippen LogP) is 1.02. The summed E-state index contributed by atoms with van der Waals surface area (Å²) in [6, 6.07) is 0. The first kappa shape index (κ1) is 11.2. The third-order valence-corrected chi connectivity index (χ3v) is 1.45. The summed E-state index contributed by atoms with van der Waals surface area (Å²) in [5, 5.41) is 9.83. The fraction of sp³-hybridized carbons (Fsp3) is 0.429. The van der Waals surface area contributed by atoms with E-state index in [1.807, 2.05) is 0 Å². The number of hydrogen-bond donors (Lipinski definition) is 2. The number of nitrogens with one attached hydrogen (secondary N) is 2. The van der Waals surface area contributed by atoms with Crippen LogP contribution in [0.25, 0.3) is 0 Å². The number of halogens is 1. The van der Waals surface area contributed by atoms with E-state index in [-0.39, 0.29) is 10.2 Å². The third-order valence-electron chi connectivity index (χ3n) is 1.02. The Labute approximate surface area is 79.6 Å². The summed E-state index contributed by atoms with van der Waals surface area (Å²) < 4.78 is 4.71. The normalized spacial score (nSPS) is 10.8. The molecule has 0 aliphatic rings. The van der Waals surface area contributed by atoms with Crippen LogP contribution in [-0.2, 0) is 9.53 Å². The lowest BCUT2D eigenvalue weighted by atomic mass is 10.3. The van der Waals surface area contributed by atoms with Crippen molar-refractivity contribution >= 4 is 26.5 Å². The van der Waals surface area contributed by atoms with Gasteiger partial charge in [0.2, 0.25) is 0 Å². The highest BCUT2D eigenvalue weighted by atomic mass is 79.9.